The van der Waals surface area contributed by atoms with E-state index in [1.807, 2.05) is 6.07 Å². The summed E-state index contributed by atoms with van der Waals surface area (Å²) in [5, 5.41) is 0. The van der Waals surface area contributed by atoms with Gasteiger partial charge in [-0.25, -0.2) is 0 Å². The average molecular weight is 187 g/mol. The number of fused-ring (bicyclic) bond motifs is 3. The Hall–Kier alpha value is -1.28. The lowest BCUT2D eigenvalue weighted by molar-refractivity contribution is 0.256. The maximum absolute atomic E-state index is 5.69. The Kier molecular flexibility index (Phi) is 1.64. The largest absolute Gasteiger partial charge is 0.489 e. The van der Waals surface area contributed by atoms with Crippen molar-refractivity contribution in [1.29, 1.82) is 0 Å². The molecule has 3 rings (SSSR count). The number of likely N-dealkylation sites (N-methyl/N-ethyl adjacent to an activating group) is 1. The van der Waals surface area contributed by atoms with Gasteiger partial charge in [0.25, 0.3) is 0 Å². The predicted octanol–water partition coefficient (Wildman–Crippen LogP) is 1.99. The fraction of sp³-hybridized carbons (Fsp3) is 0.333. The molecule has 0 amide bonds. The number of nitrogens with zero attached hydrogens (tertiary/aromatic N) is 1. The molecule has 2 heterocycles. The maximum Gasteiger partial charge on any atom is 0.124 e. The lowest BCUT2D eigenvalue weighted by Crippen LogP contribution is -2.25. The summed E-state index contributed by atoms with van der Waals surface area (Å²) in [6, 6.07) is 8.78. The molecule has 2 aliphatic heterocycles. The second-order valence-electron chi connectivity index (χ2n) is 3.95. The molecule has 2 heteroatoms. The molecule has 1 unspecified atom stereocenters. The fourth-order valence-electron chi connectivity index (χ4n) is 2.34. The Morgan fingerprint density at radius 2 is 2.21 bits per heavy atom. The average Bonchev–Trinajstić information content (AvgIpc) is 2.61. The van der Waals surface area contributed by atoms with Crippen molar-refractivity contribution in [3.05, 3.63) is 41.5 Å². The van der Waals surface area contributed by atoms with Crippen LogP contribution in [0.3, 0.4) is 0 Å². The lowest BCUT2D eigenvalue weighted by Gasteiger charge is -2.29. The summed E-state index contributed by atoms with van der Waals surface area (Å²) in [4.78, 5) is 2.36. The van der Waals surface area contributed by atoms with Crippen LogP contribution in [-0.4, -0.2) is 25.1 Å². The summed E-state index contributed by atoms with van der Waals surface area (Å²) in [6.07, 6.45) is 2.28. The third-order valence-corrected chi connectivity index (χ3v) is 3.04. The molecule has 1 aromatic rings. The van der Waals surface area contributed by atoms with Crippen molar-refractivity contribution in [2.45, 2.75) is 6.04 Å². The summed E-state index contributed by atoms with van der Waals surface area (Å²) in [6.45, 7) is 1.80. The van der Waals surface area contributed by atoms with Crippen LogP contribution >= 0.6 is 0 Å². The molecule has 2 nitrogen and oxygen atoms in total. The summed E-state index contributed by atoms with van der Waals surface area (Å²) >= 11 is 0. The molecule has 0 radical (unpaired) electrons. The molecule has 72 valence electrons. The number of hydrogen-bond acceptors (Lipinski definition) is 2. The highest BCUT2D eigenvalue weighted by molar-refractivity contribution is 5.45. The minimum Gasteiger partial charge on any atom is -0.489 e. The topological polar surface area (TPSA) is 12.5 Å². The van der Waals surface area contributed by atoms with Crippen molar-refractivity contribution >= 4 is 0 Å². The molecule has 0 aliphatic carbocycles. The van der Waals surface area contributed by atoms with E-state index in [0.717, 1.165) is 18.9 Å². The Morgan fingerprint density at radius 1 is 1.36 bits per heavy atom. The lowest BCUT2D eigenvalue weighted by atomic mass is 9.97. The maximum atomic E-state index is 5.69. The number of hydrogen-bond donors (Lipinski definition) is 0. The molecule has 0 saturated heterocycles. The van der Waals surface area contributed by atoms with Gasteiger partial charge in [0.1, 0.15) is 12.4 Å². The van der Waals surface area contributed by atoms with Crippen molar-refractivity contribution in [3.8, 4) is 5.75 Å². The quantitative estimate of drug-likeness (QED) is 0.576. The first-order chi connectivity index (χ1) is 6.86. The van der Waals surface area contributed by atoms with Gasteiger partial charge in [0.05, 0.1) is 6.04 Å². The fourth-order valence-corrected chi connectivity index (χ4v) is 2.34. The van der Waals surface area contributed by atoms with E-state index in [-0.39, 0.29) is 0 Å². The van der Waals surface area contributed by atoms with E-state index in [9.17, 15) is 0 Å². The van der Waals surface area contributed by atoms with Crippen molar-refractivity contribution in [3.63, 3.8) is 0 Å². The molecular formula is C12H13NO. The van der Waals surface area contributed by atoms with Crippen LogP contribution in [0.15, 0.2) is 35.9 Å². The zero-order chi connectivity index (χ0) is 9.54. The zero-order valence-corrected chi connectivity index (χ0v) is 8.23. The Bertz CT molecular complexity index is 397. The van der Waals surface area contributed by atoms with Crippen LogP contribution in [0.4, 0.5) is 0 Å². The van der Waals surface area contributed by atoms with Crippen LogP contribution < -0.4 is 4.74 Å². The molecule has 0 aromatic heterocycles. The van der Waals surface area contributed by atoms with Crippen molar-refractivity contribution < 1.29 is 4.74 Å². The minimum absolute atomic E-state index is 0.458. The first-order valence-corrected chi connectivity index (χ1v) is 4.97. The highest BCUT2D eigenvalue weighted by Crippen LogP contribution is 2.40. The van der Waals surface area contributed by atoms with Crippen LogP contribution in [-0.2, 0) is 0 Å². The predicted molar refractivity (Wildman–Crippen MR) is 55.4 cm³/mol. The SMILES string of the molecule is CN1CC=C2COc3ccccc3C21. The summed E-state index contributed by atoms with van der Waals surface area (Å²) in [5.41, 5.74) is 2.72. The second-order valence-corrected chi connectivity index (χ2v) is 3.95. The molecular weight excluding hydrogens is 174 g/mol. The molecule has 1 aromatic carbocycles. The molecule has 0 spiro atoms. The normalized spacial score (nSPS) is 24.9. The summed E-state index contributed by atoms with van der Waals surface area (Å²) in [5.74, 6) is 1.04. The molecule has 14 heavy (non-hydrogen) atoms. The van der Waals surface area contributed by atoms with Gasteiger partial charge >= 0.3 is 0 Å². The van der Waals surface area contributed by atoms with Crippen molar-refractivity contribution in [2.24, 2.45) is 0 Å². The Labute approximate surface area is 83.8 Å². The van der Waals surface area contributed by atoms with E-state index in [4.69, 9.17) is 4.74 Å². The van der Waals surface area contributed by atoms with Gasteiger partial charge in [-0.2, -0.15) is 0 Å². The van der Waals surface area contributed by atoms with Gasteiger partial charge in [0, 0.05) is 12.1 Å². The van der Waals surface area contributed by atoms with Gasteiger partial charge in [-0.15, -0.1) is 0 Å². The van der Waals surface area contributed by atoms with Crippen LogP contribution in [0.2, 0.25) is 0 Å². The van der Waals surface area contributed by atoms with Gasteiger partial charge in [-0.05, 0) is 18.7 Å². The van der Waals surface area contributed by atoms with Gasteiger partial charge in [-0.3, -0.25) is 4.90 Å². The van der Waals surface area contributed by atoms with E-state index in [0.29, 0.717) is 6.04 Å². The van der Waals surface area contributed by atoms with Gasteiger partial charge in [-0.1, -0.05) is 24.3 Å². The minimum atomic E-state index is 0.458. The second kappa shape index (κ2) is 2.85. The van der Waals surface area contributed by atoms with Crippen LogP contribution in [0.5, 0.6) is 5.75 Å². The van der Waals surface area contributed by atoms with E-state index in [1.165, 1.54) is 11.1 Å². The van der Waals surface area contributed by atoms with Crippen molar-refractivity contribution in [1.82, 2.24) is 4.90 Å². The third kappa shape index (κ3) is 1.01. The van der Waals surface area contributed by atoms with Crippen LogP contribution in [0.1, 0.15) is 11.6 Å². The number of ether oxygens (including phenoxy) is 1. The highest BCUT2D eigenvalue weighted by atomic mass is 16.5. The number of para-hydroxylation sites is 1. The third-order valence-electron chi connectivity index (χ3n) is 3.04. The van der Waals surface area contributed by atoms with Gasteiger partial charge < -0.3 is 4.74 Å². The van der Waals surface area contributed by atoms with Crippen LogP contribution in [0.25, 0.3) is 0 Å². The standard InChI is InChI=1S/C12H13NO/c1-13-7-6-9-8-14-11-5-3-2-4-10(11)12(9)13/h2-6,12H,7-8H2,1H3. The number of benzene rings is 1. The summed E-state index contributed by atoms with van der Waals surface area (Å²) < 4.78 is 5.69. The van der Waals surface area contributed by atoms with E-state index < -0.39 is 0 Å². The zero-order valence-electron chi connectivity index (χ0n) is 8.23. The smallest absolute Gasteiger partial charge is 0.124 e. The Morgan fingerprint density at radius 3 is 3.14 bits per heavy atom. The monoisotopic (exact) mass is 187 g/mol. The van der Waals surface area contributed by atoms with Crippen molar-refractivity contribution in [2.75, 3.05) is 20.2 Å². The van der Waals surface area contributed by atoms with Gasteiger partial charge in [0.2, 0.25) is 0 Å². The highest BCUT2D eigenvalue weighted by Gasteiger charge is 2.31. The van der Waals surface area contributed by atoms with E-state index >= 15 is 0 Å². The van der Waals surface area contributed by atoms with Gasteiger partial charge in [0.15, 0.2) is 0 Å². The molecule has 0 fully saturated rings. The molecule has 1 atom stereocenters. The first kappa shape index (κ1) is 8.06. The molecule has 2 aliphatic rings. The van der Waals surface area contributed by atoms with Crippen LogP contribution in [0, 0.1) is 0 Å². The molecule has 0 bridgehead atoms. The first-order valence-electron chi connectivity index (χ1n) is 4.97. The van der Waals surface area contributed by atoms with E-state index in [1.54, 1.807) is 0 Å². The number of rotatable bonds is 0. The molecule has 0 saturated carbocycles. The molecule has 0 N–H and O–H groups in total. The Balaban J connectivity index is 2.12. The van der Waals surface area contributed by atoms with E-state index in [2.05, 4.69) is 36.2 Å². The summed E-state index contributed by atoms with van der Waals surface area (Å²) in [7, 11) is 2.16.